The highest BCUT2D eigenvalue weighted by Crippen LogP contribution is 2.27. The molecule has 0 unspecified atom stereocenters. The number of carbonyl (C=O) groups is 1. The summed E-state index contributed by atoms with van der Waals surface area (Å²) in [6.45, 7) is 3.82. The Hall–Kier alpha value is -2.83. The summed E-state index contributed by atoms with van der Waals surface area (Å²) in [5.74, 6) is -0.309. The number of hydrogen-bond donors (Lipinski definition) is 2. The van der Waals surface area contributed by atoms with E-state index in [0.29, 0.717) is 5.69 Å². The Kier molecular flexibility index (Phi) is 6.26. The molecule has 4 rings (SSSR count). The lowest BCUT2D eigenvalue weighted by atomic mass is 10.0. The largest absolute Gasteiger partial charge is 0.345 e. The van der Waals surface area contributed by atoms with E-state index in [0.717, 1.165) is 24.0 Å². The molecular formula is C25H25ClN2O3S. The SMILES string of the molecule is Cc1ccc(S(=O)(=O)Nc2ccc(C(=O)N[C@H](C)c3ccc4c(c3)CCC4)c(Cl)c2)cc1. The van der Waals surface area contributed by atoms with Gasteiger partial charge in [0.15, 0.2) is 0 Å². The molecule has 2 N–H and O–H groups in total. The highest BCUT2D eigenvalue weighted by molar-refractivity contribution is 7.92. The summed E-state index contributed by atoms with van der Waals surface area (Å²) >= 11 is 6.33. The predicted molar refractivity (Wildman–Crippen MR) is 128 cm³/mol. The minimum Gasteiger partial charge on any atom is -0.345 e. The van der Waals surface area contributed by atoms with Crippen molar-refractivity contribution in [2.45, 2.75) is 44.0 Å². The molecule has 32 heavy (non-hydrogen) atoms. The Balaban J connectivity index is 1.46. The summed E-state index contributed by atoms with van der Waals surface area (Å²) in [6, 6.07) is 17.2. The second kappa shape index (κ2) is 8.96. The van der Waals surface area contributed by atoms with Crippen molar-refractivity contribution in [2.75, 3.05) is 4.72 Å². The van der Waals surface area contributed by atoms with Crippen LogP contribution in [-0.2, 0) is 22.9 Å². The van der Waals surface area contributed by atoms with E-state index in [4.69, 9.17) is 11.6 Å². The van der Waals surface area contributed by atoms with E-state index in [9.17, 15) is 13.2 Å². The molecule has 1 amide bonds. The van der Waals surface area contributed by atoms with Crippen molar-refractivity contribution in [1.82, 2.24) is 5.32 Å². The zero-order chi connectivity index (χ0) is 22.9. The minimum atomic E-state index is -3.75. The van der Waals surface area contributed by atoms with Gasteiger partial charge < -0.3 is 5.32 Å². The first-order valence-electron chi connectivity index (χ1n) is 10.5. The third kappa shape index (κ3) is 4.81. The van der Waals surface area contributed by atoms with Crippen LogP contribution in [-0.4, -0.2) is 14.3 Å². The maximum Gasteiger partial charge on any atom is 0.261 e. The van der Waals surface area contributed by atoms with Crippen LogP contribution < -0.4 is 10.0 Å². The number of sulfonamides is 1. The summed E-state index contributed by atoms with van der Waals surface area (Å²) in [4.78, 5) is 13.0. The fraction of sp³-hybridized carbons (Fsp3) is 0.240. The van der Waals surface area contributed by atoms with Gasteiger partial charge in [0.1, 0.15) is 0 Å². The zero-order valence-corrected chi connectivity index (χ0v) is 19.6. The third-order valence-electron chi connectivity index (χ3n) is 5.77. The molecule has 1 atom stereocenters. The average Bonchev–Trinajstić information content (AvgIpc) is 3.21. The predicted octanol–water partition coefficient (Wildman–Crippen LogP) is 5.43. The van der Waals surface area contributed by atoms with E-state index >= 15 is 0 Å². The summed E-state index contributed by atoms with van der Waals surface area (Å²) < 4.78 is 27.7. The number of fused-ring (bicyclic) bond motifs is 1. The van der Waals surface area contributed by atoms with Crippen LogP contribution in [0.3, 0.4) is 0 Å². The van der Waals surface area contributed by atoms with Gasteiger partial charge in [-0.05, 0) is 80.1 Å². The van der Waals surface area contributed by atoms with Crippen LogP contribution in [0.1, 0.15) is 52.0 Å². The standard InChI is InChI=1S/C25H25ClN2O3S/c1-16-6-11-22(12-7-16)32(30,31)28-21-10-13-23(24(26)15-21)25(29)27-17(2)19-9-8-18-4-3-5-20(18)14-19/h6-15,17,28H,3-5H2,1-2H3,(H,27,29)/t17-/m1/s1. The Morgan fingerprint density at radius 2 is 1.69 bits per heavy atom. The minimum absolute atomic E-state index is 0.157. The monoisotopic (exact) mass is 468 g/mol. The Morgan fingerprint density at radius 3 is 2.41 bits per heavy atom. The molecule has 0 aliphatic heterocycles. The maximum absolute atomic E-state index is 12.8. The first-order valence-corrected chi connectivity index (χ1v) is 12.4. The second-order valence-electron chi connectivity index (χ2n) is 8.19. The molecule has 0 saturated carbocycles. The van der Waals surface area contributed by atoms with Crippen molar-refractivity contribution in [1.29, 1.82) is 0 Å². The normalized spacial score (nSPS) is 14.0. The van der Waals surface area contributed by atoms with E-state index in [1.54, 1.807) is 24.3 Å². The van der Waals surface area contributed by atoms with Crippen LogP contribution in [0.15, 0.2) is 65.6 Å². The highest BCUT2D eigenvalue weighted by atomic mass is 35.5. The topological polar surface area (TPSA) is 75.3 Å². The number of aryl methyl sites for hydroxylation is 3. The van der Waals surface area contributed by atoms with Crippen molar-refractivity contribution >= 4 is 33.2 Å². The maximum atomic E-state index is 12.8. The van der Waals surface area contributed by atoms with Gasteiger partial charge in [-0.2, -0.15) is 0 Å². The van der Waals surface area contributed by atoms with E-state index in [-0.39, 0.29) is 27.4 Å². The Morgan fingerprint density at radius 1 is 0.969 bits per heavy atom. The number of anilines is 1. The molecular weight excluding hydrogens is 444 g/mol. The molecule has 5 nitrogen and oxygen atoms in total. The number of carbonyl (C=O) groups excluding carboxylic acids is 1. The van der Waals surface area contributed by atoms with Crippen LogP contribution in [0.2, 0.25) is 5.02 Å². The Bertz CT molecular complexity index is 1270. The molecule has 0 heterocycles. The van der Waals surface area contributed by atoms with Gasteiger partial charge in [0.05, 0.1) is 27.2 Å². The number of nitrogens with one attached hydrogen (secondary N) is 2. The van der Waals surface area contributed by atoms with Crippen LogP contribution >= 0.6 is 11.6 Å². The molecule has 0 radical (unpaired) electrons. The molecule has 0 bridgehead atoms. The highest BCUT2D eigenvalue weighted by Gasteiger charge is 2.19. The molecule has 0 saturated heterocycles. The molecule has 1 aliphatic rings. The van der Waals surface area contributed by atoms with Gasteiger partial charge in [-0.1, -0.05) is 47.5 Å². The van der Waals surface area contributed by atoms with Gasteiger partial charge in [-0.3, -0.25) is 9.52 Å². The van der Waals surface area contributed by atoms with Crippen molar-refractivity contribution in [3.8, 4) is 0 Å². The number of amides is 1. The van der Waals surface area contributed by atoms with Gasteiger partial charge in [-0.25, -0.2) is 8.42 Å². The lowest BCUT2D eigenvalue weighted by molar-refractivity contribution is 0.0940. The number of benzene rings is 3. The van der Waals surface area contributed by atoms with E-state index < -0.39 is 10.0 Å². The molecule has 3 aromatic rings. The average molecular weight is 469 g/mol. The lowest BCUT2D eigenvalue weighted by Crippen LogP contribution is -2.27. The van der Waals surface area contributed by atoms with Gasteiger partial charge in [0.2, 0.25) is 0 Å². The van der Waals surface area contributed by atoms with Crippen LogP contribution in [0.5, 0.6) is 0 Å². The molecule has 3 aromatic carbocycles. The zero-order valence-electron chi connectivity index (χ0n) is 18.0. The molecule has 0 aromatic heterocycles. The van der Waals surface area contributed by atoms with Crippen LogP contribution in [0, 0.1) is 6.92 Å². The summed E-state index contributed by atoms with van der Waals surface area (Å²) in [5, 5.41) is 3.16. The van der Waals surface area contributed by atoms with Crippen molar-refractivity contribution < 1.29 is 13.2 Å². The molecule has 0 spiro atoms. The third-order valence-corrected chi connectivity index (χ3v) is 7.48. The Labute approximate surface area is 193 Å². The van der Waals surface area contributed by atoms with Crippen molar-refractivity contribution in [2.24, 2.45) is 0 Å². The fourth-order valence-corrected chi connectivity index (χ4v) is 5.23. The van der Waals surface area contributed by atoms with E-state index in [1.807, 2.05) is 13.8 Å². The summed E-state index contributed by atoms with van der Waals surface area (Å²) in [5.41, 5.74) is 5.34. The molecule has 0 fully saturated rings. The van der Waals surface area contributed by atoms with Gasteiger partial charge in [0, 0.05) is 0 Å². The quantitative estimate of drug-likeness (QED) is 0.506. The first kappa shape index (κ1) is 22.4. The number of hydrogen-bond acceptors (Lipinski definition) is 3. The van der Waals surface area contributed by atoms with E-state index in [2.05, 4.69) is 28.2 Å². The van der Waals surface area contributed by atoms with Gasteiger partial charge in [0.25, 0.3) is 15.9 Å². The molecule has 166 valence electrons. The number of halogens is 1. The van der Waals surface area contributed by atoms with Crippen LogP contribution in [0.25, 0.3) is 0 Å². The van der Waals surface area contributed by atoms with Crippen LogP contribution in [0.4, 0.5) is 5.69 Å². The summed E-state index contributed by atoms with van der Waals surface area (Å²) in [6.07, 6.45) is 3.37. The molecule has 7 heteroatoms. The summed E-state index contributed by atoms with van der Waals surface area (Å²) in [7, 11) is -3.75. The smallest absolute Gasteiger partial charge is 0.261 e. The molecule has 1 aliphatic carbocycles. The first-order chi connectivity index (χ1) is 15.2. The second-order valence-corrected chi connectivity index (χ2v) is 10.3. The fourth-order valence-electron chi connectivity index (χ4n) is 3.91. The van der Waals surface area contributed by atoms with Crippen molar-refractivity contribution in [3.05, 3.63) is 93.5 Å². The van der Waals surface area contributed by atoms with E-state index in [1.165, 1.54) is 35.7 Å². The number of rotatable bonds is 6. The lowest BCUT2D eigenvalue weighted by Gasteiger charge is -2.17. The van der Waals surface area contributed by atoms with Gasteiger partial charge >= 0.3 is 0 Å². The van der Waals surface area contributed by atoms with Crippen molar-refractivity contribution in [3.63, 3.8) is 0 Å². The van der Waals surface area contributed by atoms with Gasteiger partial charge in [-0.15, -0.1) is 0 Å².